The normalized spacial score (nSPS) is 19.4. The smallest absolute Gasteiger partial charge is 0.175 e. The highest BCUT2D eigenvalue weighted by atomic mass is 32.2. The number of hydrogen-bond acceptors (Lipinski definition) is 3. The van der Waals surface area contributed by atoms with Gasteiger partial charge >= 0.3 is 0 Å². The van der Waals surface area contributed by atoms with Gasteiger partial charge in [0.2, 0.25) is 0 Å². The van der Waals surface area contributed by atoms with Crippen molar-refractivity contribution in [3.05, 3.63) is 29.8 Å². The van der Waals surface area contributed by atoms with E-state index in [1.165, 1.54) is 31.9 Å². The molecule has 0 spiro atoms. The van der Waals surface area contributed by atoms with Gasteiger partial charge in [0.1, 0.15) is 0 Å². The molecule has 1 fully saturated rings. The molecule has 1 aliphatic carbocycles. The Kier molecular flexibility index (Phi) is 3.54. The summed E-state index contributed by atoms with van der Waals surface area (Å²) in [7, 11) is -3.11. The highest BCUT2D eigenvalue weighted by Crippen LogP contribution is 2.34. The van der Waals surface area contributed by atoms with E-state index in [9.17, 15) is 8.42 Å². The zero-order chi connectivity index (χ0) is 12.5. The summed E-state index contributed by atoms with van der Waals surface area (Å²) in [6, 6.07) is 7.05. The third-order valence-corrected chi connectivity index (χ3v) is 4.73. The molecule has 0 unspecified atom stereocenters. The Balaban J connectivity index is 2.17. The number of benzene rings is 1. The van der Waals surface area contributed by atoms with E-state index in [4.69, 9.17) is 5.73 Å². The number of rotatable bonds is 3. The van der Waals surface area contributed by atoms with E-state index in [1.807, 2.05) is 12.1 Å². The summed E-state index contributed by atoms with van der Waals surface area (Å²) in [5, 5.41) is 0. The van der Waals surface area contributed by atoms with E-state index >= 15 is 0 Å². The summed E-state index contributed by atoms with van der Waals surface area (Å²) in [6.07, 6.45) is 6.13. The Hall–Kier alpha value is -0.870. The largest absolute Gasteiger partial charge is 0.324 e. The van der Waals surface area contributed by atoms with Crippen LogP contribution in [0, 0.1) is 5.92 Å². The standard InChI is InChI=1S/C13H19NO2S/c1-17(15,16)12-8-6-11(7-9-12)13(14)10-4-2-3-5-10/h6-10,13H,2-5,14H2,1H3/t13-/m1/s1. The highest BCUT2D eigenvalue weighted by molar-refractivity contribution is 7.90. The molecule has 0 bridgehead atoms. The molecule has 0 amide bonds. The van der Waals surface area contributed by atoms with Crippen LogP contribution in [-0.4, -0.2) is 14.7 Å². The van der Waals surface area contributed by atoms with E-state index in [1.54, 1.807) is 12.1 Å². The highest BCUT2D eigenvalue weighted by Gasteiger charge is 2.23. The maximum atomic E-state index is 11.3. The quantitative estimate of drug-likeness (QED) is 0.899. The molecular formula is C13H19NO2S. The first kappa shape index (κ1) is 12.6. The van der Waals surface area contributed by atoms with E-state index in [2.05, 4.69) is 0 Å². The maximum Gasteiger partial charge on any atom is 0.175 e. The van der Waals surface area contributed by atoms with E-state index in [0.29, 0.717) is 10.8 Å². The second-order valence-electron chi connectivity index (χ2n) is 4.91. The topological polar surface area (TPSA) is 60.2 Å². The first-order valence-corrected chi connectivity index (χ1v) is 7.93. The van der Waals surface area contributed by atoms with Crippen LogP contribution in [-0.2, 0) is 9.84 Å². The Morgan fingerprint density at radius 3 is 2.18 bits per heavy atom. The lowest BCUT2D eigenvalue weighted by molar-refractivity contribution is 0.445. The summed E-state index contributed by atoms with van der Waals surface area (Å²) >= 11 is 0. The van der Waals surface area contributed by atoms with Crippen LogP contribution < -0.4 is 5.73 Å². The van der Waals surface area contributed by atoms with Crippen molar-refractivity contribution in [1.29, 1.82) is 0 Å². The third-order valence-electron chi connectivity index (χ3n) is 3.60. The van der Waals surface area contributed by atoms with Gasteiger partial charge in [-0.15, -0.1) is 0 Å². The minimum atomic E-state index is -3.11. The minimum Gasteiger partial charge on any atom is -0.324 e. The molecular weight excluding hydrogens is 234 g/mol. The predicted octanol–water partition coefficient (Wildman–Crippen LogP) is 2.28. The molecule has 0 aliphatic heterocycles. The molecule has 0 saturated heterocycles. The van der Waals surface area contributed by atoms with Crippen LogP contribution in [0.5, 0.6) is 0 Å². The summed E-state index contributed by atoms with van der Waals surface area (Å²) < 4.78 is 22.7. The number of hydrogen-bond donors (Lipinski definition) is 1. The molecule has 1 aliphatic rings. The number of sulfone groups is 1. The van der Waals surface area contributed by atoms with Gasteiger partial charge < -0.3 is 5.73 Å². The van der Waals surface area contributed by atoms with Crippen LogP contribution in [0.15, 0.2) is 29.2 Å². The molecule has 0 aromatic heterocycles. The van der Waals surface area contributed by atoms with Crippen molar-refractivity contribution in [3.8, 4) is 0 Å². The molecule has 1 atom stereocenters. The van der Waals surface area contributed by atoms with Crippen molar-refractivity contribution in [2.24, 2.45) is 11.7 Å². The second-order valence-corrected chi connectivity index (χ2v) is 6.93. The maximum absolute atomic E-state index is 11.3. The van der Waals surface area contributed by atoms with E-state index in [0.717, 1.165) is 5.56 Å². The Bertz CT molecular complexity index is 473. The van der Waals surface area contributed by atoms with Crippen molar-refractivity contribution >= 4 is 9.84 Å². The van der Waals surface area contributed by atoms with Crippen LogP contribution in [0.1, 0.15) is 37.3 Å². The Morgan fingerprint density at radius 1 is 1.18 bits per heavy atom. The van der Waals surface area contributed by atoms with Crippen molar-refractivity contribution in [1.82, 2.24) is 0 Å². The molecule has 1 aromatic rings. The molecule has 1 saturated carbocycles. The fraction of sp³-hybridized carbons (Fsp3) is 0.538. The molecule has 2 N–H and O–H groups in total. The van der Waals surface area contributed by atoms with Gasteiger partial charge in [0, 0.05) is 12.3 Å². The first-order valence-electron chi connectivity index (χ1n) is 6.04. The zero-order valence-electron chi connectivity index (χ0n) is 10.1. The summed E-state index contributed by atoms with van der Waals surface area (Å²) in [5.74, 6) is 0.555. The van der Waals surface area contributed by atoms with Gasteiger partial charge in [-0.3, -0.25) is 0 Å². The molecule has 3 nitrogen and oxygen atoms in total. The molecule has 94 valence electrons. The van der Waals surface area contributed by atoms with Gasteiger partial charge in [0.25, 0.3) is 0 Å². The van der Waals surface area contributed by atoms with Crippen LogP contribution in [0.3, 0.4) is 0 Å². The Morgan fingerprint density at radius 2 is 1.71 bits per heavy atom. The second kappa shape index (κ2) is 4.78. The zero-order valence-corrected chi connectivity index (χ0v) is 10.9. The first-order chi connectivity index (χ1) is 7.98. The summed E-state index contributed by atoms with van der Waals surface area (Å²) in [6.45, 7) is 0. The van der Waals surface area contributed by atoms with E-state index < -0.39 is 9.84 Å². The van der Waals surface area contributed by atoms with Gasteiger partial charge in [-0.25, -0.2) is 8.42 Å². The summed E-state index contributed by atoms with van der Waals surface area (Å²) in [5.41, 5.74) is 7.26. The van der Waals surface area contributed by atoms with Crippen molar-refractivity contribution in [3.63, 3.8) is 0 Å². The molecule has 0 radical (unpaired) electrons. The van der Waals surface area contributed by atoms with Gasteiger partial charge in [-0.05, 0) is 36.5 Å². The monoisotopic (exact) mass is 253 g/mol. The van der Waals surface area contributed by atoms with Crippen LogP contribution in [0.25, 0.3) is 0 Å². The lowest BCUT2D eigenvalue weighted by Crippen LogP contribution is -2.19. The summed E-state index contributed by atoms with van der Waals surface area (Å²) in [4.78, 5) is 0.361. The minimum absolute atomic E-state index is 0.0473. The van der Waals surface area contributed by atoms with Crippen molar-refractivity contribution in [2.45, 2.75) is 36.6 Å². The SMILES string of the molecule is CS(=O)(=O)c1ccc([C@H](N)C2CCCC2)cc1. The molecule has 17 heavy (non-hydrogen) atoms. The van der Waals surface area contributed by atoms with Crippen molar-refractivity contribution in [2.75, 3.05) is 6.26 Å². The fourth-order valence-electron chi connectivity index (χ4n) is 2.53. The average Bonchev–Trinajstić information content (AvgIpc) is 2.80. The molecule has 0 heterocycles. The van der Waals surface area contributed by atoms with Gasteiger partial charge in [-0.1, -0.05) is 25.0 Å². The number of nitrogens with two attached hydrogens (primary N) is 1. The van der Waals surface area contributed by atoms with Crippen LogP contribution in [0.2, 0.25) is 0 Å². The average molecular weight is 253 g/mol. The molecule has 1 aromatic carbocycles. The predicted molar refractivity (Wildman–Crippen MR) is 68.4 cm³/mol. The van der Waals surface area contributed by atoms with Crippen LogP contribution >= 0.6 is 0 Å². The molecule has 4 heteroatoms. The third kappa shape index (κ3) is 2.87. The fourth-order valence-corrected chi connectivity index (χ4v) is 3.16. The van der Waals surface area contributed by atoms with E-state index in [-0.39, 0.29) is 6.04 Å². The van der Waals surface area contributed by atoms with Gasteiger partial charge in [-0.2, -0.15) is 0 Å². The van der Waals surface area contributed by atoms with Crippen LogP contribution in [0.4, 0.5) is 0 Å². The molecule has 2 rings (SSSR count). The lowest BCUT2D eigenvalue weighted by atomic mass is 9.93. The van der Waals surface area contributed by atoms with Crippen molar-refractivity contribution < 1.29 is 8.42 Å². The van der Waals surface area contributed by atoms with Gasteiger partial charge in [0.15, 0.2) is 9.84 Å². The Labute approximate surface area is 103 Å². The lowest BCUT2D eigenvalue weighted by Gasteiger charge is -2.19. The van der Waals surface area contributed by atoms with Gasteiger partial charge in [0.05, 0.1) is 4.90 Å².